The number of aromatic nitrogens is 1. The molecule has 1 fully saturated rings. The molecule has 0 amide bonds. The van der Waals surface area contributed by atoms with Gasteiger partial charge in [-0.25, -0.2) is 0 Å². The molecule has 0 radical (unpaired) electrons. The van der Waals surface area contributed by atoms with Crippen LogP contribution in [0, 0.1) is 5.92 Å². The first-order valence-electron chi connectivity index (χ1n) is 11.2. The van der Waals surface area contributed by atoms with Crippen LogP contribution in [0.3, 0.4) is 0 Å². The van der Waals surface area contributed by atoms with Crippen molar-refractivity contribution in [3.63, 3.8) is 0 Å². The minimum Gasteiger partial charge on any atom is -0.470 e. The lowest BCUT2D eigenvalue weighted by molar-refractivity contribution is -0.145. The smallest absolute Gasteiger partial charge is 0.265 e. The zero-order valence-electron chi connectivity index (χ0n) is 19.0. The normalized spacial score (nSPS) is 26.3. The van der Waals surface area contributed by atoms with Crippen LogP contribution in [0.5, 0.6) is 5.88 Å². The highest BCUT2D eigenvalue weighted by Gasteiger charge is 2.63. The first kappa shape index (κ1) is 22.8. The van der Waals surface area contributed by atoms with Crippen molar-refractivity contribution in [3.8, 4) is 5.88 Å². The van der Waals surface area contributed by atoms with Gasteiger partial charge in [0.1, 0.15) is 12.2 Å². The second kappa shape index (κ2) is 9.02. The summed E-state index contributed by atoms with van der Waals surface area (Å²) in [6, 6.07) is 18.8. The number of aliphatic hydroxyl groups is 1. The number of ether oxygens (including phenoxy) is 1. The number of benzene rings is 2. The predicted molar refractivity (Wildman–Crippen MR) is 127 cm³/mol. The third-order valence-corrected chi connectivity index (χ3v) is 7.86. The summed E-state index contributed by atoms with van der Waals surface area (Å²) in [7, 11) is 3.69. The highest BCUT2D eigenvalue weighted by molar-refractivity contribution is 8.00. The first-order chi connectivity index (χ1) is 16.4. The Morgan fingerprint density at radius 3 is 2.47 bits per heavy atom. The average Bonchev–Trinajstić information content (AvgIpc) is 3.25. The Bertz CT molecular complexity index is 1200. The number of hydrogen-bond donors (Lipinski definition) is 1. The van der Waals surface area contributed by atoms with Gasteiger partial charge in [0.05, 0.1) is 6.04 Å². The van der Waals surface area contributed by atoms with E-state index in [0.29, 0.717) is 12.2 Å². The van der Waals surface area contributed by atoms with Gasteiger partial charge in [-0.2, -0.15) is 0 Å². The van der Waals surface area contributed by atoms with E-state index in [2.05, 4.69) is 5.16 Å². The lowest BCUT2D eigenvalue weighted by Crippen LogP contribution is -2.62. The second-order valence-corrected chi connectivity index (χ2v) is 10.4. The summed E-state index contributed by atoms with van der Waals surface area (Å²) >= 11 is 1.60. The summed E-state index contributed by atoms with van der Waals surface area (Å²) in [5.41, 5.74) is -1.17. The summed E-state index contributed by atoms with van der Waals surface area (Å²) in [4.78, 5) is 29.9. The number of fused-ring (bicyclic) bond motifs is 2. The van der Waals surface area contributed by atoms with Crippen molar-refractivity contribution >= 4 is 23.3 Å². The van der Waals surface area contributed by atoms with Crippen LogP contribution in [0.25, 0.3) is 0 Å². The Morgan fingerprint density at radius 2 is 1.79 bits per heavy atom. The molecule has 1 heterocycles. The van der Waals surface area contributed by atoms with E-state index in [-0.39, 0.29) is 29.7 Å². The quantitative estimate of drug-likeness (QED) is 0.533. The van der Waals surface area contributed by atoms with Crippen LogP contribution in [0.15, 0.2) is 70.1 Å². The molecule has 0 saturated heterocycles. The Morgan fingerprint density at radius 1 is 1.12 bits per heavy atom. The lowest BCUT2D eigenvalue weighted by Gasteiger charge is -2.47. The molecule has 3 aromatic rings. The molecule has 176 valence electrons. The Hall–Kier alpha value is -2.94. The Balaban J connectivity index is 1.48. The molecular weight excluding hydrogens is 452 g/mol. The number of carbonyl (C=O) groups is 2. The van der Waals surface area contributed by atoms with Crippen LogP contribution in [0.1, 0.15) is 40.6 Å². The SMILES string of the molecule is CN(C)[C@@H]1c2onc(OCc3ccccc3)c2C(=O)[C@@]2(O)C(=O)CC(Sc3ccccc3)C[C@@H]12. The molecule has 0 bridgehead atoms. The fraction of sp³-hybridized carbons (Fsp3) is 0.346. The van der Waals surface area contributed by atoms with E-state index in [0.717, 1.165) is 10.5 Å². The highest BCUT2D eigenvalue weighted by Crippen LogP contribution is 2.52. The molecule has 2 aliphatic rings. The zero-order chi connectivity index (χ0) is 23.9. The number of hydrogen-bond acceptors (Lipinski definition) is 8. The van der Waals surface area contributed by atoms with Crippen molar-refractivity contribution in [2.45, 2.75) is 41.2 Å². The molecule has 2 aromatic carbocycles. The van der Waals surface area contributed by atoms with Gasteiger partial charge in [-0.3, -0.25) is 14.5 Å². The fourth-order valence-corrected chi connectivity index (χ4v) is 6.27. The third-order valence-electron chi connectivity index (χ3n) is 6.62. The van der Waals surface area contributed by atoms with E-state index in [1.165, 1.54) is 0 Å². The molecule has 34 heavy (non-hydrogen) atoms. The number of rotatable bonds is 6. The minimum atomic E-state index is -2.13. The molecule has 1 N–H and O–H groups in total. The van der Waals surface area contributed by atoms with Crippen LogP contribution < -0.4 is 4.74 Å². The monoisotopic (exact) mass is 478 g/mol. The summed E-state index contributed by atoms with van der Waals surface area (Å²) < 4.78 is 11.5. The van der Waals surface area contributed by atoms with Crippen LogP contribution in [-0.4, -0.2) is 51.7 Å². The predicted octanol–water partition coefficient (Wildman–Crippen LogP) is 3.92. The van der Waals surface area contributed by atoms with Gasteiger partial charge in [-0.05, 0) is 43.4 Å². The summed E-state index contributed by atoms with van der Waals surface area (Å²) in [5.74, 6) is -1.44. The van der Waals surface area contributed by atoms with E-state index in [1.807, 2.05) is 79.7 Å². The molecule has 1 aromatic heterocycles. The maximum absolute atomic E-state index is 13.6. The largest absolute Gasteiger partial charge is 0.470 e. The van der Waals surface area contributed by atoms with Gasteiger partial charge in [0.15, 0.2) is 17.1 Å². The van der Waals surface area contributed by atoms with Crippen LogP contribution in [-0.2, 0) is 11.4 Å². The Labute approximate surface area is 202 Å². The average molecular weight is 479 g/mol. The van der Waals surface area contributed by atoms with Crippen molar-refractivity contribution in [3.05, 3.63) is 77.6 Å². The minimum absolute atomic E-state index is 0.0103. The van der Waals surface area contributed by atoms with Gasteiger partial charge in [0, 0.05) is 22.5 Å². The van der Waals surface area contributed by atoms with Crippen LogP contribution >= 0.6 is 11.8 Å². The molecule has 5 rings (SSSR count). The molecule has 1 unspecified atom stereocenters. The lowest BCUT2D eigenvalue weighted by atomic mass is 9.63. The summed E-state index contributed by atoms with van der Waals surface area (Å²) in [5, 5.41) is 15.6. The van der Waals surface area contributed by atoms with Gasteiger partial charge in [0.2, 0.25) is 5.78 Å². The maximum atomic E-state index is 13.6. The van der Waals surface area contributed by atoms with Gasteiger partial charge < -0.3 is 14.4 Å². The molecule has 0 spiro atoms. The van der Waals surface area contributed by atoms with Gasteiger partial charge in [-0.15, -0.1) is 11.8 Å². The van der Waals surface area contributed by atoms with Crippen molar-refractivity contribution in [2.75, 3.05) is 14.1 Å². The van der Waals surface area contributed by atoms with Gasteiger partial charge in [0.25, 0.3) is 5.88 Å². The number of Topliss-reactive ketones (excluding diaryl/α,β-unsaturated/α-hetero) is 2. The highest BCUT2D eigenvalue weighted by atomic mass is 32.2. The van der Waals surface area contributed by atoms with E-state index in [1.54, 1.807) is 11.8 Å². The number of carbonyl (C=O) groups excluding carboxylic acids is 2. The van der Waals surface area contributed by atoms with Crippen molar-refractivity contribution in [1.82, 2.24) is 10.1 Å². The molecule has 8 heteroatoms. The molecule has 1 saturated carbocycles. The molecule has 0 aliphatic heterocycles. The topological polar surface area (TPSA) is 92.9 Å². The number of ketones is 2. The van der Waals surface area contributed by atoms with Crippen molar-refractivity contribution in [1.29, 1.82) is 0 Å². The maximum Gasteiger partial charge on any atom is 0.265 e. The van der Waals surface area contributed by atoms with Crippen LogP contribution in [0.2, 0.25) is 0 Å². The van der Waals surface area contributed by atoms with E-state index >= 15 is 0 Å². The van der Waals surface area contributed by atoms with E-state index in [9.17, 15) is 14.7 Å². The summed E-state index contributed by atoms with van der Waals surface area (Å²) in [6.45, 7) is 0.186. The summed E-state index contributed by atoms with van der Waals surface area (Å²) in [6.07, 6.45) is 0.593. The van der Waals surface area contributed by atoms with Crippen LogP contribution in [0.4, 0.5) is 0 Å². The standard InChI is InChI=1S/C26H26N2O5S/c1-28(2)22-19-13-18(34-17-11-7-4-8-12-17)14-20(29)26(19,31)24(30)21-23(22)33-27-25(21)32-15-16-9-5-3-6-10-16/h3-12,18-19,22,31H,13-15H2,1-2H3/t18?,19-,22-,26-/m0/s1. The number of thioether (sulfide) groups is 1. The van der Waals surface area contributed by atoms with Crippen molar-refractivity contribution < 1.29 is 24.0 Å². The van der Waals surface area contributed by atoms with Crippen molar-refractivity contribution in [2.24, 2.45) is 5.92 Å². The molecular formula is C26H26N2O5S. The molecule has 4 atom stereocenters. The third kappa shape index (κ3) is 3.85. The first-order valence-corrected chi connectivity index (χ1v) is 12.1. The van der Waals surface area contributed by atoms with E-state index < -0.39 is 29.1 Å². The van der Waals surface area contributed by atoms with E-state index in [4.69, 9.17) is 9.26 Å². The van der Waals surface area contributed by atoms with Gasteiger partial charge in [-0.1, -0.05) is 48.5 Å². The second-order valence-electron chi connectivity index (χ2n) is 9.03. The van der Waals surface area contributed by atoms with Gasteiger partial charge >= 0.3 is 0 Å². The molecule has 2 aliphatic carbocycles. The number of nitrogens with zero attached hydrogens (tertiary/aromatic N) is 2. The molecule has 7 nitrogen and oxygen atoms in total. The Kier molecular flexibility index (Phi) is 6.06. The zero-order valence-corrected chi connectivity index (χ0v) is 19.8. The fourth-order valence-electron chi connectivity index (χ4n) is 5.03.